The third-order valence-corrected chi connectivity index (χ3v) is 4.75. The first-order valence-corrected chi connectivity index (χ1v) is 8.87. The van der Waals surface area contributed by atoms with Crippen molar-refractivity contribution in [3.05, 3.63) is 84.6 Å². The predicted molar refractivity (Wildman–Crippen MR) is 103 cm³/mol. The highest BCUT2D eigenvalue weighted by Crippen LogP contribution is 2.24. The van der Waals surface area contributed by atoms with E-state index in [0.717, 1.165) is 22.7 Å². The summed E-state index contributed by atoms with van der Waals surface area (Å²) in [4.78, 5) is 6.22. The Bertz CT molecular complexity index is 977. The third kappa shape index (κ3) is 3.80. The molecule has 27 heavy (non-hydrogen) atoms. The summed E-state index contributed by atoms with van der Waals surface area (Å²) >= 11 is 0. The molecule has 0 aliphatic heterocycles. The third-order valence-electron chi connectivity index (χ3n) is 4.75. The summed E-state index contributed by atoms with van der Waals surface area (Å²) < 4.78 is 7.28. The van der Waals surface area contributed by atoms with Crippen molar-refractivity contribution >= 4 is 0 Å². The lowest BCUT2D eigenvalue weighted by atomic mass is 10.1. The van der Waals surface area contributed by atoms with Crippen LogP contribution in [0.15, 0.2) is 77.8 Å². The summed E-state index contributed by atoms with van der Waals surface area (Å²) in [5.74, 6) is 0.849. The van der Waals surface area contributed by atoms with Gasteiger partial charge in [0.15, 0.2) is 5.76 Å². The molecule has 0 aliphatic carbocycles. The predicted octanol–water partition coefficient (Wildman–Crippen LogP) is 4.12. The highest BCUT2D eigenvalue weighted by atomic mass is 16.5. The van der Waals surface area contributed by atoms with Crippen molar-refractivity contribution in [2.75, 3.05) is 7.05 Å². The van der Waals surface area contributed by atoms with E-state index in [1.165, 1.54) is 11.9 Å². The van der Waals surface area contributed by atoms with Crippen molar-refractivity contribution < 1.29 is 4.52 Å². The van der Waals surface area contributed by atoms with Gasteiger partial charge in [-0.1, -0.05) is 47.6 Å². The molecule has 0 saturated carbocycles. The molecule has 1 atom stereocenters. The molecule has 2 aromatic heterocycles. The average Bonchev–Trinajstić information content (AvgIpc) is 3.40. The molecule has 0 fully saturated rings. The van der Waals surface area contributed by atoms with Crippen molar-refractivity contribution in [3.63, 3.8) is 0 Å². The van der Waals surface area contributed by atoms with Gasteiger partial charge in [0, 0.05) is 17.7 Å². The molecule has 0 bridgehead atoms. The van der Waals surface area contributed by atoms with Gasteiger partial charge in [0.25, 0.3) is 0 Å². The largest absolute Gasteiger partial charge is 0.359 e. The zero-order chi connectivity index (χ0) is 18.6. The van der Waals surface area contributed by atoms with E-state index in [1.54, 1.807) is 11.0 Å². The molecule has 6 nitrogen and oxygen atoms in total. The minimum atomic E-state index is 0.236. The van der Waals surface area contributed by atoms with Crippen molar-refractivity contribution in [2.45, 2.75) is 19.5 Å². The van der Waals surface area contributed by atoms with Crippen LogP contribution in [0.1, 0.15) is 24.3 Å². The van der Waals surface area contributed by atoms with E-state index in [9.17, 15) is 0 Å². The normalized spacial score (nSPS) is 12.4. The van der Waals surface area contributed by atoms with Crippen LogP contribution >= 0.6 is 0 Å². The number of nitrogens with zero attached hydrogens (tertiary/aromatic N) is 5. The molecule has 4 aromatic rings. The maximum Gasteiger partial charge on any atom is 0.151 e. The van der Waals surface area contributed by atoms with Crippen LogP contribution in [0.5, 0.6) is 0 Å². The molecule has 2 heterocycles. The van der Waals surface area contributed by atoms with Gasteiger partial charge in [-0.05, 0) is 31.7 Å². The fourth-order valence-electron chi connectivity index (χ4n) is 3.02. The lowest BCUT2D eigenvalue weighted by molar-refractivity contribution is 0.221. The Morgan fingerprint density at radius 2 is 1.85 bits per heavy atom. The van der Waals surface area contributed by atoms with E-state index in [4.69, 9.17) is 4.52 Å². The van der Waals surface area contributed by atoms with Gasteiger partial charge in [0.2, 0.25) is 0 Å². The van der Waals surface area contributed by atoms with Crippen molar-refractivity contribution in [3.8, 4) is 16.9 Å². The molecule has 2 aromatic carbocycles. The van der Waals surface area contributed by atoms with Crippen LogP contribution in [0.4, 0.5) is 0 Å². The Hall–Kier alpha value is -3.25. The topological polar surface area (TPSA) is 60.0 Å². The lowest BCUT2D eigenvalue weighted by Crippen LogP contribution is -2.21. The maximum atomic E-state index is 5.53. The van der Waals surface area contributed by atoms with Gasteiger partial charge in [-0.3, -0.25) is 4.90 Å². The second-order valence-corrected chi connectivity index (χ2v) is 6.57. The Morgan fingerprint density at radius 3 is 2.56 bits per heavy atom. The average molecular weight is 359 g/mol. The van der Waals surface area contributed by atoms with Gasteiger partial charge in [0.1, 0.15) is 18.3 Å². The van der Waals surface area contributed by atoms with Crippen LogP contribution in [0, 0.1) is 0 Å². The van der Waals surface area contributed by atoms with Gasteiger partial charge in [-0.15, -0.1) is 0 Å². The van der Waals surface area contributed by atoms with Gasteiger partial charge < -0.3 is 4.52 Å². The van der Waals surface area contributed by atoms with Gasteiger partial charge in [0.05, 0.1) is 12.2 Å². The van der Waals surface area contributed by atoms with Crippen LogP contribution in [0.3, 0.4) is 0 Å². The van der Waals surface area contributed by atoms with Gasteiger partial charge >= 0.3 is 0 Å². The van der Waals surface area contributed by atoms with Gasteiger partial charge in [-0.25, -0.2) is 9.67 Å². The molecular formula is C21H21N5O. The summed E-state index contributed by atoms with van der Waals surface area (Å²) in [6.45, 7) is 2.87. The molecule has 0 radical (unpaired) electrons. The molecule has 136 valence electrons. The molecular weight excluding hydrogens is 338 g/mol. The van der Waals surface area contributed by atoms with Crippen LogP contribution in [-0.2, 0) is 6.54 Å². The van der Waals surface area contributed by atoms with E-state index in [1.807, 2.05) is 36.4 Å². The zero-order valence-corrected chi connectivity index (χ0v) is 15.4. The van der Waals surface area contributed by atoms with E-state index in [0.29, 0.717) is 6.54 Å². The summed E-state index contributed by atoms with van der Waals surface area (Å²) in [6.07, 6.45) is 3.23. The van der Waals surface area contributed by atoms with E-state index in [-0.39, 0.29) is 6.04 Å². The minimum Gasteiger partial charge on any atom is -0.359 e. The van der Waals surface area contributed by atoms with Crippen LogP contribution in [-0.4, -0.2) is 31.9 Å². The lowest BCUT2D eigenvalue weighted by Gasteiger charge is -2.24. The van der Waals surface area contributed by atoms with E-state index >= 15 is 0 Å². The molecule has 0 unspecified atom stereocenters. The molecule has 0 spiro atoms. The first kappa shape index (κ1) is 17.2. The first-order chi connectivity index (χ1) is 13.2. The smallest absolute Gasteiger partial charge is 0.151 e. The van der Waals surface area contributed by atoms with E-state index < -0.39 is 0 Å². The SMILES string of the molecule is C[C@H](c1ccc(-n2cncn2)cc1)N(C)Cc1cc(-c2ccccc2)no1. The fraction of sp³-hybridized carbons (Fsp3) is 0.190. The molecule has 6 heteroatoms. The fourth-order valence-corrected chi connectivity index (χ4v) is 3.02. The Kier molecular flexibility index (Phi) is 4.80. The second-order valence-electron chi connectivity index (χ2n) is 6.57. The highest BCUT2D eigenvalue weighted by Gasteiger charge is 2.15. The molecule has 4 rings (SSSR count). The minimum absolute atomic E-state index is 0.236. The number of benzene rings is 2. The number of hydrogen-bond donors (Lipinski definition) is 0. The maximum absolute atomic E-state index is 5.53. The summed E-state index contributed by atoms with van der Waals surface area (Å²) in [7, 11) is 2.08. The number of aromatic nitrogens is 4. The van der Waals surface area contributed by atoms with Crippen LogP contribution in [0.2, 0.25) is 0 Å². The first-order valence-electron chi connectivity index (χ1n) is 8.87. The Labute approximate surface area is 158 Å². The number of rotatable bonds is 6. The number of hydrogen-bond acceptors (Lipinski definition) is 5. The molecule has 0 aliphatic rings. The van der Waals surface area contributed by atoms with Crippen molar-refractivity contribution in [1.82, 2.24) is 24.8 Å². The molecule has 0 N–H and O–H groups in total. The Morgan fingerprint density at radius 1 is 1.07 bits per heavy atom. The monoisotopic (exact) mass is 359 g/mol. The van der Waals surface area contributed by atoms with E-state index in [2.05, 4.69) is 58.4 Å². The Balaban J connectivity index is 1.43. The van der Waals surface area contributed by atoms with Crippen LogP contribution in [0.25, 0.3) is 16.9 Å². The summed E-state index contributed by atoms with van der Waals surface area (Å²) in [5.41, 5.74) is 4.15. The zero-order valence-electron chi connectivity index (χ0n) is 15.4. The second kappa shape index (κ2) is 7.55. The van der Waals surface area contributed by atoms with Crippen molar-refractivity contribution in [1.29, 1.82) is 0 Å². The quantitative estimate of drug-likeness (QED) is 0.518. The summed E-state index contributed by atoms with van der Waals surface area (Å²) in [5, 5.41) is 8.35. The van der Waals surface area contributed by atoms with Gasteiger partial charge in [-0.2, -0.15) is 5.10 Å². The highest BCUT2D eigenvalue weighted by molar-refractivity contribution is 5.58. The summed E-state index contributed by atoms with van der Waals surface area (Å²) in [6, 6.07) is 20.6. The van der Waals surface area contributed by atoms with Crippen molar-refractivity contribution in [2.24, 2.45) is 0 Å². The molecule has 0 amide bonds. The van der Waals surface area contributed by atoms with Crippen LogP contribution < -0.4 is 0 Å². The molecule has 0 saturated heterocycles. The standard InChI is InChI=1S/C21H21N5O/c1-16(17-8-10-19(11-9-17)26-15-22-14-23-26)25(2)13-20-12-21(24-27-20)18-6-4-3-5-7-18/h3-12,14-16H,13H2,1-2H3/t16-/m1/s1.